The smallest absolute Gasteiger partial charge is 0.369 e. The summed E-state index contributed by atoms with van der Waals surface area (Å²) in [6.07, 6.45) is -3.13. The lowest BCUT2D eigenvalue weighted by Gasteiger charge is -2.31. The number of nitrogens with zero attached hydrogens (tertiary/aromatic N) is 1. The minimum Gasteiger partial charge on any atom is -0.369 e. The molecule has 5 nitrogen and oxygen atoms in total. The van der Waals surface area contributed by atoms with E-state index in [0.717, 1.165) is 25.2 Å². The van der Waals surface area contributed by atoms with Crippen LogP contribution in [0.4, 0.5) is 23.7 Å². The van der Waals surface area contributed by atoms with Crippen molar-refractivity contribution in [2.45, 2.75) is 6.18 Å². The highest BCUT2D eigenvalue weighted by Crippen LogP contribution is 2.35. The molecule has 1 aromatic carbocycles. The van der Waals surface area contributed by atoms with E-state index in [1.165, 1.54) is 12.1 Å². The van der Waals surface area contributed by atoms with Crippen molar-refractivity contribution < 1.29 is 22.8 Å². The number of thioether (sulfide) groups is 1. The Labute approximate surface area is 140 Å². The van der Waals surface area contributed by atoms with E-state index in [0.29, 0.717) is 30.5 Å². The van der Waals surface area contributed by atoms with E-state index < -0.39 is 22.9 Å². The Bertz CT molecular complexity index is 712. The largest absolute Gasteiger partial charge is 0.416 e. The lowest BCUT2D eigenvalue weighted by atomic mass is 10.1. The van der Waals surface area contributed by atoms with E-state index in [9.17, 15) is 22.8 Å². The van der Waals surface area contributed by atoms with E-state index in [1.807, 2.05) is 4.90 Å². The summed E-state index contributed by atoms with van der Waals surface area (Å²) >= 11 is 0.687. The molecule has 9 heteroatoms. The summed E-state index contributed by atoms with van der Waals surface area (Å²) < 4.78 is 39.0. The molecular formula is C15H14F3N3O2S. The van der Waals surface area contributed by atoms with Crippen LogP contribution in [0.25, 0.3) is 6.08 Å². The molecule has 0 unspecified atom stereocenters. The van der Waals surface area contributed by atoms with Gasteiger partial charge in [0.15, 0.2) is 0 Å². The number of benzene rings is 1. The minimum absolute atomic E-state index is 0.0932. The van der Waals surface area contributed by atoms with Crippen LogP contribution < -0.4 is 15.5 Å². The molecule has 0 spiro atoms. The maximum atomic E-state index is 13.0. The number of amides is 2. The van der Waals surface area contributed by atoms with Gasteiger partial charge in [0.1, 0.15) is 0 Å². The van der Waals surface area contributed by atoms with Gasteiger partial charge >= 0.3 is 6.18 Å². The van der Waals surface area contributed by atoms with Gasteiger partial charge in [0, 0.05) is 31.9 Å². The molecule has 3 rings (SSSR count). The molecular weight excluding hydrogens is 343 g/mol. The minimum atomic E-state index is -4.48. The standard InChI is InChI=1S/C15H14F3N3O2S/c16-15(17,18)10-1-2-11(21-5-3-19-4-6-21)9(7-10)8-12-13(22)20-14(23)24-12/h1-2,7-8,19H,3-6H2,(H,20,22,23)/b12-8-. The van der Waals surface area contributed by atoms with Crippen molar-refractivity contribution in [1.82, 2.24) is 10.6 Å². The summed E-state index contributed by atoms with van der Waals surface area (Å²) in [5.74, 6) is -0.589. The summed E-state index contributed by atoms with van der Waals surface area (Å²) in [4.78, 5) is 25.0. The monoisotopic (exact) mass is 357 g/mol. The van der Waals surface area contributed by atoms with Crippen LogP contribution in [0.1, 0.15) is 11.1 Å². The third-order valence-electron chi connectivity index (χ3n) is 3.74. The van der Waals surface area contributed by atoms with Crippen molar-refractivity contribution in [2.24, 2.45) is 0 Å². The summed E-state index contributed by atoms with van der Waals surface area (Å²) in [6.45, 7) is 2.76. The number of carbonyl (C=O) groups excluding carboxylic acids is 2. The van der Waals surface area contributed by atoms with Gasteiger partial charge in [-0.25, -0.2) is 0 Å². The quantitative estimate of drug-likeness (QED) is 0.796. The molecule has 128 valence electrons. The Kier molecular flexibility index (Phi) is 4.55. The fourth-order valence-corrected chi connectivity index (χ4v) is 3.28. The van der Waals surface area contributed by atoms with Crippen molar-refractivity contribution in [1.29, 1.82) is 0 Å². The highest BCUT2D eigenvalue weighted by Gasteiger charge is 2.32. The first kappa shape index (κ1) is 16.8. The molecule has 2 aliphatic heterocycles. The molecule has 2 amide bonds. The second-order valence-corrected chi connectivity index (χ2v) is 6.38. The molecule has 0 bridgehead atoms. The van der Waals surface area contributed by atoms with Gasteiger partial charge in [-0.2, -0.15) is 13.2 Å². The Hall–Kier alpha value is -2.00. The van der Waals surface area contributed by atoms with Gasteiger partial charge in [-0.1, -0.05) is 0 Å². The van der Waals surface area contributed by atoms with Crippen molar-refractivity contribution in [2.75, 3.05) is 31.1 Å². The lowest BCUT2D eigenvalue weighted by molar-refractivity contribution is -0.137. The number of carbonyl (C=O) groups is 2. The zero-order valence-corrected chi connectivity index (χ0v) is 13.3. The number of halogens is 3. The topological polar surface area (TPSA) is 61.4 Å². The van der Waals surface area contributed by atoms with Crippen molar-refractivity contribution >= 4 is 34.7 Å². The van der Waals surface area contributed by atoms with Gasteiger partial charge in [-0.05, 0) is 41.6 Å². The molecule has 0 radical (unpaired) electrons. The van der Waals surface area contributed by atoms with Gasteiger partial charge in [0.2, 0.25) is 0 Å². The lowest BCUT2D eigenvalue weighted by Crippen LogP contribution is -2.43. The Morgan fingerprint density at radius 3 is 2.46 bits per heavy atom. The van der Waals surface area contributed by atoms with Gasteiger partial charge in [0.05, 0.1) is 10.5 Å². The predicted octanol–water partition coefficient (Wildman–Crippen LogP) is 2.44. The molecule has 1 aromatic rings. The molecule has 0 aliphatic carbocycles. The molecule has 2 heterocycles. The fraction of sp³-hybridized carbons (Fsp3) is 0.333. The van der Waals surface area contributed by atoms with Crippen LogP contribution in [0, 0.1) is 0 Å². The maximum Gasteiger partial charge on any atom is 0.416 e. The summed E-state index contributed by atoms with van der Waals surface area (Å²) in [5, 5.41) is 4.75. The Morgan fingerprint density at radius 2 is 1.88 bits per heavy atom. The van der Waals surface area contributed by atoms with Crippen LogP contribution in [0.3, 0.4) is 0 Å². The number of anilines is 1. The maximum absolute atomic E-state index is 13.0. The van der Waals surface area contributed by atoms with E-state index in [4.69, 9.17) is 0 Å². The van der Waals surface area contributed by atoms with Crippen molar-refractivity contribution in [3.05, 3.63) is 34.2 Å². The number of rotatable bonds is 2. The molecule has 2 N–H and O–H groups in total. The van der Waals surface area contributed by atoms with Crippen LogP contribution in [-0.2, 0) is 11.0 Å². The number of alkyl halides is 3. The normalized spacial score (nSPS) is 20.6. The Balaban J connectivity index is 2.04. The average molecular weight is 357 g/mol. The number of piperazine rings is 1. The number of hydrogen-bond donors (Lipinski definition) is 2. The van der Waals surface area contributed by atoms with Gasteiger partial charge in [0.25, 0.3) is 11.1 Å². The molecule has 0 aromatic heterocycles. The molecule has 24 heavy (non-hydrogen) atoms. The first-order chi connectivity index (χ1) is 11.3. The first-order valence-corrected chi connectivity index (χ1v) is 8.08. The SMILES string of the molecule is O=C1NC(=O)/C(=C/c2cc(C(F)(F)F)ccc2N2CCNCC2)S1. The van der Waals surface area contributed by atoms with Crippen molar-refractivity contribution in [3.63, 3.8) is 0 Å². The van der Waals surface area contributed by atoms with Gasteiger partial charge < -0.3 is 10.2 Å². The third kappa shape index (κ3) is 3.57. The highest BCUT2D eigenvalue weighted by atomic mass is 32.2. The number of hydrogen-bond acceptors (Lipinski definition) is 5. The molecule has 2 aliphatic rings. The number of nitrogens with one attached hydrogen (secondary N) is 2. The van der Waals surface area contributed by atoms with Crippen molar-refractivity contribution in [3.8, 4) is 0 Å². The van der Waals surface area contributed by atoms with E-state index in [2.05, 4.69) is 10.6 Å². The fourth-order valence-electron chi connectivity index (χ4n) is 2.60. The summed E-state index contributed by atoms with van der Waals surface area (Å²) in [5.41, 5.74) is 0.104. The van der Waals surface area contributed by atoms with Crippen LogP contribution in [0.5, 0.6) is 0 Å². The molecule has 2 fully saturated rings. The summed E-state index contributed by atoms with van der Waals surface area (Å²) in [6, 6.07) is 3.47. The van der Waals surface area contributed by atoms with Gasteiger partial charge in [-0.3, -0.25) is 14.9 Å². The van der Waals surface area contributed by atoms with E-state index >= 15 is 0 Å². The van der Waals surface area contributed by atoms with Crippen LogP contribution >= 0.6 is 11.8 Å². The molecule has 0 saturated carbocycles. The van der Waals surface area contributed by atoms with Crippen LogP contribution in [0.2, 0.25) is 0 Å². The number of imide groups is 1. The molecule has 2 saturated heterocycles. The van der Waals surface area contributed by atoms with Gasteiger partial charge in [-0.15, -0.1) is 0 Å². The average Bonchev–Trinajstić information content (AvgIpc) is 2.85. The predicted molar refractivity (Wildman–Crippen MR) is 85.6 cm³/mol. The third-order valence-corrected chi connectivity index (χ3v) is 4.55. The van der Waals surface area contributed by atoms with Crippen LogP contribution in [-0.4, -0.2) is 37.3 Å². The molecule has 0 atom stereocenters. The highest BCUT2D eigenvalue weighted by molar-refractivity contribution is 8.18. The second kappa shape index (κ2) is 6.48. The second-order valence-electron chi connectivity index (χ2n) is 5.36. The first-order valence-electron chi connectivity index (χ1n) is 7.26. The van der Waals surface area contributed by atoms with Crippen LogP contribution in [0.15, 0.2) is 23.1 Å². The van der Waals surface area contributed by atoms with E-state index in [1.54, 1.807) is 0 Å². The summed E-state index contributed by atoms with van der Waals surface area (Å²) in [7, 11) is 0. The Morgan fingerprint density at radius 1 is 1.17 bits per heavy atom. The zero-order valence-electron chi connectivity index (χ0n) is 12.4. The van der Waals surface area contributed by atoms with E-state index in [-0.39, 0.29) is 10.5 Å². The zero-order chi connectivity index (χ0) is 17.3.